The van der Waals surface area contributed by atoms with Gasteiger partial charge >= 0.3 is 5.97 Å². The van der Waals surface area contributed by atoms with Gasteiger partial charge in [0.1, 0.15) is 5.75 Å². The SMILES string of the molecule is COc1cc(C)c(C)cc1CCC(C)(C)C(=O)O. The summed E-state index contributed by atoms with van der Waals surface area (Å²) in [4.78, 5) is 11.1. The van der Waals surface area contributed by atoms with Crippen LogP contribution in [-0.4, -0.2) is 18.2 Å². The molecule has 18 heavy (non-hydrogen) atoms. The molecule has 100 valence electrons. The van der Waals surface area contributed by atoms with Crippen LogP contribution >= 0.6 is 0 Å². The summed E-state index contributed by atoms with van der Waals surface area (Å²) in [6, 6.07) is 4.10. The quantitative estimate of drug-likeness (QED) is 0.871. The van der Waals surface area contributed by atoms with Crippen LogP contribution in [0.3, 0.4) is 0 Å². The van der Waals surface area contributed by atoms with Crippen LogP contribution in [0, 0.1) is 19.3 Å². The molecule has 3 nitrogen and oxygen atoms in total. The number of ether oxygens (including phenoxy) is 1. The minimum atomic E-state index is -0.759. The molecule has 0 unspecified atom stereocenters. The van der Waals surface area contributed by atoms with Gasteiger partial charge in [-0.1, -0.05) is 6.07 Å². The molecule has 1 aromatic rings. The zero-order valence-electron chi connectivity index (χ0n) is 11.8. The highest BCUT2D eigenvalue weighted by atomic mass is 16.5. The van der Waals surface area contributed by atoms with Crippen LogP contribution in [0.15, 0.2) is 12.1 Å². The number of carbonyl (C=O) groups is 1. The summed E-state index contributed by atoms with van der Waals surface area (Å²) in [6.45, 7) is 7.61. The fourth-order valence-electron chi connectivity index (χ4n) is 1.79. The van der Waals surface area contributed by atoms with Crippen molar-refractivity contribution in [1.82, 2.24) is 0 Å². The first-order valence-corrected chi connectivity index (χ1v) is 6.15. The van der Waals surface area contributed by atoms with Crippen molar-refractivity contribution >= 4 is 5.97 Å². The third-order valence-corrected chi connectivity index (χ3v) is 3.50. The van der Waals surface area contributed by atoms with Crippen LogP contribution in [-0.2, 0) is 11.2 Å². The van der Waals surface area contributed by atoms with E-state index in [0.717, 1.165) is 11.3 Å². The first-order valence-electron chi connectivity index (χ1n) is 6.15. The fraction of sp³-hybridized carbons (Fsp3) is 0.533. The van der Waals surface area contributed by atoms with Gasteiger partial charge in [-0.15, -0.1) is 0 Å². The van der Waals surface area contributed by atoms with Crippen molar-refractivity contribution < 1.29 is 14.6 Å². The first-order chi connectivity index (χ1) is 8.27. The van der Waals surface area contributed by atoms with E-state index < -0.39 is 11.4 Å². The Morgan fingerprint density at radius 2 is 1.83 bits per heavy atom. The van der Waals surface area contributed by atoms with Gasteiger partial charge in [0, 0.05) is 0 Å². The standard InChI is InChI=1S/C15H22O3/c1-10-8-12(13(18-5)9-11(10)2)6-7-15(3,4)14(16)17/h8-9H,6-7H2,1-5H3,(H,16,17). The van der Waals surface area contributed by atoms with Crippen molar-refractivity contribution in [2.24, 2.45) is 5.41 Å². The average molecular weight is 250 g/mol. The normalized spacial score (nSPS) is 11.4. The van der Waals surface area contributed by atoms with Crippen molar-refractivity contribution in [3.63, 3.8) is 0 Å². The smallest absolute Gasteiger partial charge is 0.309 e. The number of methoxy groups -OCH3 is 1. The molecular weight excluding hydrogens is 228 g/mol. The third-order valence-electron chi connectivity index (χ3n) is 3.50. The first kappa shape index (κ1) is 14.6. The molecule has 1 aromatic carbocycles. The average Bonchev–Trinajstić information content (AvgIpc) is 2.30. The summed E-state index contributed by atoms with van der Waals surface area (Å²) in [7, 11) is 1.65. The molecule has 0 aliphatic rings. The summed E-state index contributed by atoms with van der Waals surface area (Å²) < 4.78 is 5.36. The molecule has 0 aliphatic heterocycles. The van der Waals surface area contributed by atoms with Crippen LogP contribution in [0.1, 0.15) is 37.0 Å². The van der Waals surface area contributed by atoms with E-state index in [-0.39, 0.29) is 0 Å². The lowest BCUT2D eigenvalue weighted by Gasteiger charge is -2.20. The summed E-state index contributed by atoms with van der Waals surface area (Å²) in [6.07, 6.45) is 1.31. The number of hydrogen-bond acceptors (Lipinski definition) is 2. The Kier molecular flexibility index (Phi) is 4.38. The van der Waals surface area contributed by atoms with Crippen LogP contribution in [0.2, 0.25) is 0 Å². The van der Waals surface area contributed by atoms with Crippen LogP contribution in [0.5, 0.6) is 5.75 Å². The Labute approximate surface area is 109 Å². The molecule has 0 atom stereocenters. The minimum Gasteiger partial charge on any atom is -0.496 e. The number of rotatable bonds is 5. The van der Waals surface area contributed by atoms with Crippen molar-refractivity contribution in [1.29, 1.82) is 0 Å². The zero-order valence-corrected chi connectivity index (χ0v) is 11.8. The number of carboxylic acid groups (broad SMARTS) is 1. The Bertz CT molecular complexity index is 447. The maximum atomic E-state index is 11.1. The van der Waals surface area contributed by atoms with E-state index in [1.54, 1.807) is 21.0 Å². The van der Waals surface area contributed by atoms with Gasteiger partial charge in [0.05, 0.1) is 12.5 Å². The second kappa shape index (κ2) is 5.42. The summed E-state index contributed by atoms with van der Waals surface area (Å²) in [5, 5.41) is 9.11. The number of aryl methyl sites for hydroxylation is 3. The highest BCUT2D eigenvalue weighted by Crippen LogP contribution is 2.29. The monoisotopic (exact) mass is 250 g/mol. The lowest BCUT2D eigenvalue weighted by atomic mass is 9.86. The number of benzene rings is 1. The van der Waals surface area contributed by atoms with E-state index in [1.807, 2.05) is 13.0 Å². The van der Waals surface area contributed by atoms with Gasteiger partial charge in [-0.3, -0.25) is 4.79 Å². The highest BCUT2D eigenvalue weighted by molar-refractivity contribution is 5.73. The fourth-order valence-corrected chi connectivity index (χ4v) is 1.79. The molecule has 0 aromatic heterocycles. The molecular formula is C15H22O3. The molecule has 1 rings (SSSR count). The summed E-state index contributed by atoms with van der Waals surface area (Å²) >= 11 is 0. The Morgan fingerprint density at radius 1 is 1.28 bits per heavy atom. The van der Waals surface area contributed by atoms with Crippen molar-refractivity contribution in [2.45, 2.75) is 40.5 Å². The molecule has 0 spiro atoms. The summed E-state index contributed by atoms with van der Waals surface area (Å²) in [5.74, 6) is 0.0876. The van der Waals surface area contributed by atoms with Gasteiger partial charge in [-0.25, -0.2) is 0 Å². The molecule has 0 saturated carbocycles. The minimum absolute atomic E-state index is 0.598. The van der Waals surface area contributed by atoms with Crippen LogP contribution in [0.25, 0.3) is 0 Å². The Balaban J connectivity index is 2.91. The molecule has 0 bridgehead atoms. The van der Waals surface area contributed by atoms with Crippen molar-refractivity contribution in [2.75, 3.05) is 7.11 Å². The Hall–Kier alpha value is -1.51. The van der Waals surface area contributed by atoms with Crippen molar-refractivity contribution in [3.8, 4) is 5.75 Å². The predicted molar refractivity (Wildman–Crippen MR) is 72.2 cm³/mol. The predicted octanol–water partition coefficient (Wildman–Crippen LogP) is 3.36. The van der Waals surface area contributed by atoms with Gasteiger partial charge in [-0.05, 0) is 63.3 Å². The van der Waals surface area contributed by atoms with E-state index in [1.165, 1.54) is 11.1 Å². The Morgan fingerprint density at radius 3 is 2.33 bits per heavy atom. The number of hydrogen-bond donors (Lipinski definition) is 1. The summed E-state index contributed by atoms with van der Waals surface area (Å²) in [5.41, 5.74) is 2.77. The van der Waals surface area contributed by atoms with Gasteiger partial charge in [0.25, 0.3) is 0 Å². The van der Waals surface area contributed by atoms with Gasteiger partial charge in [-0.2, -0.15) is 0 Å². The maximum Gasteiger partial charge on any atom is 0.309 e. The molecule has 0 heterocycles. The lowest BCUT2D eigenvalue weighted by molar-refractivity contribution is -0.147. The van der Waals surface area contributed by atoms with Gasteiger partial charge in [0.2, 0.25) is 0 Å². The second-order valence-electron chi connectivity index (χ2n) is 5.44. The third kappa shape index (κ3) is 3.25. The highest BCUT2D eigenvalue weighted by Gasteiger charge is 2.27. The van der Waals surface area contributed by atoms with Crippen molar-refractivity contribution in [3.05, 3.63) is 28.8 Å². The van der Waals surface area contributed by atoms with E-state index in [4.69, 9.17) is 9.84 Å². The van der Waals surface area contributed by atoms with E-state index in [9.17, 15) is 4.79 Å². The number of aliphatic carboxylic acids is 1. The zero-order chi connectivity index (χ0) is 13.9. The van der Waals surface area contributed by atoms with Crippen LogP contribution in [0.4, 0.5) is 0 Å². The molecule has 0 amide bonds. The lowest BCUT2D eigenvalue weighted by Crippen LogP contribution is -2.24. The number of carboxylic acids is 1. The maximum absolute atomic E-state index is 11.1. The van der Waals surface area contributed by atoms with E-state index in [2.05, 4.69) is 13.0 Å². The topological polar surface area (TPSA) is 46.5 Å². The molecule has 3 heteroatoms. The van der Waals surface area contributed by atoms with Crippen LogP contribution < -0.4 is 4.74 Å². The molecule has 0 fully saturated rings. The molecule has 0 radical (unpaired) electrons. The second-order valence-corrected chi connectivity index (χ2v) is 5.44. The van der Waals surface area contributed by atoms with E-state index >= 15 is 0 Å². The van der Waals surface area contributed by atoms with Gasteiger partial charge < -0.3 is 9.84 Å². The molecule has 0 saturated heterocycles. The molecule has 1 N–H and O–H groups in total. The van der Waals surface area contributed by atoms with Gasteiger partial charge in [0.15, 0.2) is 0 Å². The molecule has 0 aliphatic carbocycles. The largest absolute Gasteiger partial charge is 0.496 e. The van der Waals surface area contributed by atoms with E-state index in [0.29, 0.717) is 12.8 Å².